The first-order valence-corrected chi connectivity index (χ1v) is 14.4. The average molecular weight is 544 g/mol. The number of nitrogens with one attached hydrogen (secondary N) is 1. The maximum Gasteiger partial charge on any atom is 0.251 e. The largest absolute Gasteiger partial charge is 0.380 e. The summed E-state index contributed by atoms with van der Waals surface area (Å²) in [5.74, 6) is -0.932. The number of carbonyl (C=O) groups is 2. The van der Waals surface area contributed by atoms with Crippen molar-refractivity contribution >= 4 is 21.5 Å². The smallest absolute Gasteiger partial charge is 0.251 e. The van der Waals surface area contributed by atoms with Crippen LogP contribution >= 0.6 is 0 Å². The van der Waals surface area contributed by atoms with Crippen LogP contribution in [0.2, 0.25) is 0 Å². The van der Waals surface area contributed by atoms with Gasteiger partial charge in [-0.05, 0) is 31.2 Å². The van der Waals surface area contributed by atoms with E-state index in [4.69, 9.17) is 9.47 Å². The van der Waals surface area contributed by atoms with Crippen molar-refractivity contribution in [3.63, 3.8) is 0 Å². The molecule has 0 aliphatic rings. The fourth-order valence-corrected chi connectivity index (χ4v) is 4.85. The molecule has 8 heteroatoms. The Morgan fingerprint density at radius 3 is 2.18 bits per heavy atom. The predicted molar refractivity (Wildman–Crippen MR) is 150 cm³/mol. The molecule has 0 bridgehead atoms. The zero-order valence-electron chi connectivity index (χ0n) is 23.2. The molecule has 0 aliphatic carbocycles. The van der Waals surface area contributed by atoms with E-state index >= 15 is 0 Å². The molecule has 0 aromatic heterocycles. The molecule has 0 unspecified atom stereocenters. The van der Waals surface area contributed by atoms with E-state index in [1.807, 2.05) is 20.8 Å². The van der Waals surface area contributed by atoms with Crippen LogP contribution in [0.5, 0.6) is 0 Å². The molecule has 0 spiro atoms. The Balaban J connectivity index is 1.88. The summed E-state index contributed by atoms with van der Waals surface area (Å²) < 4.78 is 36.6. The zero-order chi connectivity index (χ0) is 28.4. The number of benzene rings is 2. The highest BCUT2D eigenvalue weighted by Gasteiger charge is 2.24. The van der Waals surface area contributed by atoms with Crippen LogP contribution in [0.4, 0.5) is 0 Å². The van der Waals surface area contributed by atoms with E-state index in [9.17, 15) is 18.0 Å². The molecule has 0 heterocycles. The maximum atomic E-state index is 12.8. The quantitative estimate of drug-likeness (QED) is 0.181. The van der Waals surface area contributed by atoms with Crippen molar-refractivity contribution in [2.75, 3.05) is 38.7 Å². The van der Waals surface area contributed by atoms with Crippen LogP contribution < -0.4 is 5.32 Å². The minimum Gasteiger partial charge on any atom is -0.380 e. The van der Waals surface area contributed by atoms with Gasteiger partial charge in [0.15, 0.2) is 15.6 Å². The number of ketones is 1. The molecular formula is C30H41NO6S. The average Bonchev–Trinajstić information content (AvgIpc) is 2.86. The van der Waals surface area contributed by atoms with Crippen LogP contribution in [0, 0.1) is 17.8 Å². The van der Waals surface area contributed by atoms with Crippen molar-refractivity contribution in [1.82, 2.24) is 5.32 Å². The normalized spacial score (nSPS) is 12.2. The van der Waals surface area contributed by atoms with Crippen molar-refractivity contribution in [1.29, 1.82) is 0 Å². The van der Waals surface area contributed by atoms with Gasteiger partial charge in [0.1, 0.15) is 0 Å². The summed E-state index contributed by atoms with van der Waals surface area (Å²) in [6.45, 7) is 16.1. The first kappa shape index (κ1) is 31.4. The second-order valence-electron chi connectivity index (χ2n) is 11.2. The minimum absolute atomic E-state index is 0.144. The van der Waals surface area contributed by atoms with E-state index in [0.29, 0.717) is 44.1 Å². The van der Waals surface area contributed by atoms with Crippen LogP contribution in [0.3, 0.4) is 0 Å². The first-order valence-electron chi connectivity index (χ1n) is 12.7. The van der Waals surface area contributed by atoms with Crippen molar-refractivity contribution in [3.8, 4) is 0 Å². The summed E-state index contributed by atoms with van der Waals surface area (Å²) in [5.41, 5.74) is 1.15. The number of aryl methyl sites for hydroxylation is 1. The standard InChI is InChI=1S/C30H41NO6S/c1-7-16-36-21-30(5,6)22-37-20-29(3,4)19-31-28(33)25-10-8-9-24(18-25)27(32)15-17-38(34,35)26-13-11-23(2)12-14-26/h7-14,18H,1,15-17,19-22H2,2-6H3,(H,31,33). The second kappa shape index (κ2) is 13.8. The molecule has 1 amide bonds. The molecule has 208 valence electrons. The van der Waals surface area contributed by atoms with Crippen LogP contribution in [0.25, 0.3) is 0 Å². The van der Waals surface area contributed by atoms with Gasteiger partial charge in [-0.1, -0.05) is 63.6 Å². The van der Waals surface area contributed by atoms with E-state index in [2.05, 4.69) is 25.7 Å². The molecule has 0 fully saturated rings. The molecule has 0 saturated heterocycles. The molecule has 0 radical (unpaired) electrons. The Morgan fingerprint density at radius 2 is 1.53 bits per heavy atom. The monoisotopic (exact) mass is 543 g/mol. The zero-order valence-corrected chi connectivity index (χ0v) is 24.0. The number of hydrogen-bond donors (Lipinski definition) is 1. The van der Waals surface area contributed by atoms with Crippen molar-refractivity contribution in [2.45, 2.75) is 45.9 Å². The van der Waals surface area contributed by atoms with Gasteiger partial charge in [0, 0.05) is 34.9 Å². The van der Waals surface area contributed by atoms with Gasteiger partial charge in [-0.3, -0.25) is 9.59 Å². The lowest BCUT2D eigenvalue weighted by atomic mass is 9.93. The van der Waals surface area contributed by atoms with Crippen LogP contribution in [-0.2, 0) is 19.3 Å². The number of sulfone groups is 1. The van der Waals surface area contributed by atoms with Gasteiger partial charge in [-0.25, -0.2) is 8.42 Å². The number of ether oxygens (including phenoxy) is 2. The predicted octanol–water partition coefficient (Wildman–Crippen LogP) is 5.04. The highest BCUT2D eigenvalue weighted by Crippen LogP contribution is 2.20. The van der Waals surface area contributed by atoms with Crippen LogP contribution in [-0.4, -0.2) is 58.8 Å². The van der Waals surface area contributed by atoms with E-state index < -0.39 is 9.84 Å². The molecule has 0 atom stereocenters. The number of carbonyl (C=O) groups excluding carboxylic acids is 2. The molecule has 2 aromatic rings. The molecule has 1 N–H and O–H groups in total. The summed E-state index contributed by atoms with van der Waals surface area (Å²) in [4.78, 5) is 25.7. The van der Waals surface area contributed by atoms with Gasteiger partial charge in [-0.2, -0.15) is 0 Å². The molecular weight excluding hydrogens is 502 g/mol. The molecule has 38 heavy (non-hydrogen) atoms. The van der Waals surface area contributed by atoms with E-state index in [1.165, 1.54) is 6.07 Å². The lowest BCUT2D eigenvalue weighted by Crippen LogP contribution is -2.38. The van der Waals surface area contributed by atoms with Gasteiger partial charge >= 0.3 is 0 Å². The third kappa shape index (κ3) is 10.5. The number of amides is 1. The summed E-state index contributed by atoms with van der Waals surface area (Å²) in [6.07, 6.45) is 1.55. The third-order valence-electron chi connectivity index (χ3n) is 5.87. The van der Waals surface area contributed by atoms with Crippen LogP contribution in [0.1, 0.15) is 60.4 Å². The SMILES string of the molecule is C=CCOCC(C)(C)COCC(C)(C)CNC(=O)c1cccc(C(=O)CCS(=O)(=O)c2ccc(C)cc2)c1. The Kier molecular flexibility index (Phi) is 11.4. The molecule has 2 aromatic carbocycles. The van der Waals surface area contributed by atoms with Gasteiger partial charge in [0.2, 0.25) is 0 Å². The molecule has 7 nitrogen and oxygen atoms in total. The number of Topliss-reactive ketones (excluding diaryl/α,β-unsaturated/α-hetero) is 1. The lowest BCUT2D eigenvalue weighted by Gasteiger charge is -2.29. The number of hydrogen-bond acceptors (Lipinski definition) is 6. The van der Waals surface area contributed by atoms with Gasteiger partial charge < -0.3 is 14.8 Å². The minimum atomic E-state index is -3.58. The van der Waals surface area contributed by atoms with Crippen molar-refractivity contribution in [3.05, 3.63) is 77.9 Å². The Hall–Kier alpha value is -2.81. The molecule has 0 aliphatic heterocycles. The summed E-state index contributed by atoms with van der Waals surface area (Å²) in [5, 5.41) is 2.92. The summed E-state index contributed by atoms with van der Waals surface area (Å²) in [7, 11) is -3.58. The van der Waals surface area contributed by atoms with Crippen molar-refractivity contribution < 1.29 is 27.5 Å². The second-order valence-corrected chi connectivity index (χ2v) is 13.3. The van der Waals surface area contributed by atoms with Gasteiger partial charge in [0.25, 0.3) is 5.91 Å². The van der Waals surface area contributed by atoms with E-state index in [-0.39, 0.29) is 39.6 Å². The maximum absolute atomic E-state index is 12.8. The van der Waals surface area contributed by atoms with Gasteiger partial charge in [-0.15, -0.1) is 6.58 Å². The van der Waals surface area contributed by atoms with E-state index in [1.54, 1.807) is 48.5 Å². The fraction of sp³-hybridized carbons (Fsp3) is 0.467. The third-order valence-corrected chi connectivity index (χ3v) is 7.60. The number of rotatable bonds is 16. The summed E-state index contributed by atoms with van der Waals surface area (Å²) in [6, 6.07) is 12.9. The molecule has 0 saturated carbocycles. The topological polar surface area (TPSA) is 98.8 Å². The Bertz CT molecular complexity index is 1200. The highest BCUT2D eigenvalue weighted by molar-refractivity contribution is 7.91. The fourth-order valence-electron chi connectivity index (χ4n) is 3.61. The summed E-state index contributed by atoms with van der Waals surface area (Å²) >= 11 is 0. The first-order chi connectivity index (χ1) is 17.7. The highest BCUT2D eigenvalue weighted by atomic mass is 32.2. The lowest BCUT2D eigenvalue weighted by molar-refractivity contribution is -0.0199. The van der Waals surface area contributed by atoms with Gasteiger partial charge in [0.05, 0.1) is 37.1 Å². The van der Waals surface area contributed by atoms with Crippen LogP contribution in [0.15, 0.2) is 66.1 Å². The Labute approximate surface area is 227 Å². The van der Waals surface area contributed by atoms with Crippen molar-refractivity contribution in [2.24, 2.45) is 10.8 Å². The molecule has 2 rings (SSSR count). The Morgan fingerprint density at radius 1 is 0.921 bits per heavy atom. The van der Waals surface area contributed by atoms with E-state index in [0.717, 1.165) is 5.56 Å².